The van der Waals surface area contributed by atoms with Gasteiger partial charge in [0.15, 0.2) is 0 Å². The number of unbranched alkanes of at least 4 members (excludes halogenated alkanes) is 25. The van der Waals surface area contributed by atoms with Gasteiger partial charge in [0.25, 0.3) is 0 Å². The zero-order chi connectivity index (χ0) is 32.2. The second-order valence-electron chi connectivity index (χ2n) is 13.5. The lowest BCUT2D eigenvalue weighted by Gasteiger charge is -2.18. The van der Waals surface area contributed by atoms with Crippen LogP contribution in [0, 0.1) is 0 Å². The average molecular weight is 621 g/mol. The number of carbonyl (C=O) groups excluding carboxylic acids is 1. The minimum absolute atomic E-state index is 0.00712. The van der Waals surface area contributed by atoms with Crippen LogP contribution >= 0.6 is 0 Å². The first-order chi connectivity index (χ1) is 21.6. The molecule has 4 nitrogen and oxygen atoms in total. The molecule has 44 heavy (non-hydrogen) atoms. The number of hydrogen-bond acceptors (Lipinski definition) is 3. The first-order valence-corrected chi connectivity index (χ1v) is 19.7. The summed E-state index contributed by atoms with van der Waals surface area (Å²) in [7, 11) is 0. The molecule has 0 fully saturated rings. The highest BCUT2D eigenvalue weighted by molar-refractivity contribution is 5.69. The van der Waals surface area contributed by atoms with E-state index in [2.05, 4.69) is 26.0 Å². The summed E-state index contributed by atoms with van der Waals surface area (Å²) in [6.07, 6.45) is 43.7. The van der Waals surface area contributed by atoms with Crippen LogP contribution in [0.3, 0.4) is 0 Å². The molecule has 0 saturated heterocycles. The number of allylic oxidation sites excluding steroid dienone is 2. The Morgan fingerprint density at radius 1 is 0.477 bits per heavy atom. The Bertz CT molecular complexity index is 629. The Morgan fingerprint density at radius 2 is 0.818 bits per heavy atom. The maximum atomic E-state index is 12.6. The fraction of sp³-hybridized carbons (Fsp3) is 0.900. The molecule has 0 rings (SSSR count). The summed E-state index contributed by atoms with van der Waals surface area (Å²) in [6, 6.07) is 0. The van der Waals surface area contributed by atoms with E-state index in [0.29, 0.717) is 12.8 Å². The van der Waals surface area contributed by atoms with Crippen LogP contribution in [0.5, 0.6) is 0 Å². The molecule has 0 aromatic heterocycles. The van der Waals surface area contributed by atoms with Crippen molar-refractivity contribution in [2.75, 3.05) is 0 Å². The second kappa shape index (κ2) is 36.2. The van der Waals surface area contributed by atoms with E-state index in [1.54, 1.807) is 0 Å². The molecule has 0 spiro atoms. The van der Waals surface area contributed by atoms with Crippen molar-refractivity contribution >= 4 is 11.9 Å². The summed E-state index contributed by atoms with van der Waals surface area (Å²) in [5.74, 6) is -0.752. The van der Waals surface area contributed by atoms with E-state index in [9.17, 15) is 9.59 Å². The molecule has 260 valence electrons. The largest absolute Gasteiger partial charge is 0.481 e. The third-order valence-electron chi connectivity index (χ3n) is 8.99. The van der Waals surface area contributed by atoms with Gasteiger partial charge in [0.05, 0.1) is 0 Å². The third kappa shape index (κ3) is 35.2. The Morgan fingerprint density at radius 3 is 1.25 bits per heavy atom. The van der Waals surface area contributed by atoms with Crippen molar-refractivity contribution in [2.45, 2.75) is 232 Å². The number of carboxylic acids is 1. The summed E-state index contributed by atoms with van der Waals surface area (Å²) >= 11 is 0. The number of aliphatic carboxylic acids is 1. The summed E-state index contributed by atoms with van der Waals surface area (Å²) in [4.78, 5) is 23.3. The Balaban J connectivity index is 3.82. The highest BCUT2D eigenvalue weighted by atomic mass is 16.5. The maximum Gasteiger partial charge on any atom is 0.306 e. The maximum absolute atomic E-state index is 12.6. The second-order valence-corrected chi connectivity index (χ2v) is 13.5. The van der Waals surface area contributed by atoms with Gasteiger partial charge >= 0.3 is 11.9 Å². The SMILES string of the molecule is CCCCCCCC/C=C\CCCCCCCCCCCC(=O)OC(CCCCCCCCCCC)CCCCCC(=O)O. The zero-order valence-corrected chi connectivity index (χ0v) is 29.7. The molecule has 4 heteroatoms. The van der Waals surface area contributed by atoms with Crippen LogP contribution in [0.4, 0.5) is 0 Å². The standard InChI is InChI=1S/C40H76O4/c1-3-5-7-9-11-13-14-15-16-17-18-19-20-21-22-24-26-28-33-37-40(43)44-38(35-31-29-32-36-39(41)42)34-30-27-25-23-12-10-8-6-4-2/h15-16,38H,3-14,17-37H2,1-2H3,(H,41,42)/b16-15-. The molecular weight excluding hydrogens is 544 g/mol. The normalized spacial score (nSPS) is 12.2. The zero-order valence-electron chi connectivity index (χ0n) is 29.7. The van der Waals surface area contributed by atoms with Gasteiger partial charge in [-0.1, -0.05) is 161 Å². The van der Waals surface area contributed by atoms with Crippen LogP contribution in [0.2, 0.25) is 0 Å². The Labute approximate surface area is 275 Å². The smallest absolute Gasteiger partial charge is 0.306 e. The number of ether oxygens (including phenoxy) is 1. The van der Waals surface area contributed by atoms with E-state index in [1.807, 2.05) is 0 Å². The highest BCUT2D eigenvalue weighted by Gasteiger charge is 2.14. The first kappa shape index (κ1) is 42.7. The van der Waals surface area contributed by atoms with Crippen LogP contribution in [0.1, 0.15) is 226 Å². The number of esters is 1. The summed E-state index contributed by atoms with van der Waals surface area (Å²) in [6.45, 7) is 4.54. The molecule has 0 radical (unpaired) electrons. The van der Waals surface area contributed by atoms with Gasteiger partial charge in [-0.25, -0.2) is 0 Å². The van der Waals surface area contributed by atoms with Crippen molar-refractivity contribution in [3.8, 4) is 0 Å². The number of carbonyl (C=O) groups is 2. The third-order valence-corrected chi connectivity index (χ3v) is 8.99. The quantitative estimate of drug-likeness (QED) is 0.0430. The predicted molar refractivity (Wildman–Crippen MR) is 190 cm³/mol. The van der Waals surface area contributed by atoms with Gasteiger partial charge in [-0.2, -0.15) is 0 Å². The lowest BCUT2D eigenvalue weighted by Crippen LogP contribution is -2.18. The van der Waals surface area contributed by atoms with Gasteiger partial charge in [-0.05, 0) is 64.2 Å². The minimum Gasteiger partial charge on any atom is -0.481 e. The van der Waals surface area contributed by atoms with Crippen molar-refractivity contribution < 1.29 is 19.4 Å². The van der Waals surface area contributed by atoms with Gasteiger partial charge in [-0.3, -0.25) is 9.59 Å². The van der Waals surface area contributed by atoms with Crippen LogP contribution in [-0.4, -0.2) is 23.1 Å². The van der Waals surface area contributed by atoms with Gasteiger partial charge in [0, 0.05) is 12.8 Å². The van der Waals surface area contributed by atoms with E-state index < -0.39 is 5.97 Å². The molecule has 1 unspecified atom stereocenters. The Hall–Kier alpha value is -1.32. The van der Waals surface area contributed by atoms with Crippen molar-refractivity contribution in [1.82, 2.24) is 0 Å². The van der Waals surface area contributed by atoms with Crippen molar-refractivity contribution in [3.05, 3.63) is 12.2 Å². The predicted octanol–water partition coefficient (Wildman–Crippen LogP) is 13.5. The molecule has 0 heterocycles. The van der Waals surface area contributed by atoms with E-state index in [4.69, 9.17) is 9.84 Å². The number of carboxylic acid groups (broad SMARTS) is 1. The summed E-state index contributed by atoms with van der Waals surface area (Å²) in [5, 5.41) is 8.87. The Kier molecular flexibility index (Phi) is 35.1. The van der Waals surface area contributed by atoms with E-state index in [1.165, 1.54) is 148 Å². The van der Waals surface area contributed by atoms with Crippen LogP contribution in [0.25, 0.3) is 0 Å². The molecule has 0 amide bonds. The summed E-state index contributed by atoms with van der Waals surface area (Å²) < 4.78 is 5.93. The van der Waals surface area contributed by atoms with E-state index in [0.717, 1.165) is 44.9 Å². The topological polar surface area (TPSA) is 63.6 Å². The molecule has 1 atom stereocenters. The highest BCUT2D eigenvalue weighted by Crippen LogP contribution is 2.19. The molecule has 0 aromatic rings. The molecule has 0 aromatic carbocycles. The number of hydrogen-bond donors (Lipinski definition) is 1. The minimum atomic E-state index is -0.722. The fourth-order valence-corrected chi connectivity index (χ4v) is 6.06. The van der Waals surface area contributed by atoms with Crippen molar-refractivity contribution in [3.63, 3.8) is 0 Å². The molecule has 0 bridgehead atoms. The lowest BCUT2D eigenvalue weighted by atomic mass is 10.0. The first-order valence-electron chi connectivity index (χ1n) is 19.7. The van der Waals surface area contributed by atoms with Crippen molar-refractivity contribution in [1.29, 1.82) is 0 Å². The van der Waals surface area contributed by atoms with Gasteiger partial charge < -0.3 is 9.84 Å². The van der Waals surface area contributed by atoms with Crippen LogP contribution in [-0.2, 0) is 14.3 Å². The monoisotopic (exact) mass is 621 g/mol. The molecule has 1 N–H and O–H groups in total. The van der Waals surface area contributed by atoms with Crippen molar-refractivity contribution in [2.24, 2.45) is 0 Å². The average Bonchev–Trinajstić information content (AvgIpc) is 3.00. The molecule has 0 aliphatic carbocycles. The van der Waals surface area contributed by atoms with Gasteiger partial charge in [0.2, 0.25) is 0 Å². The number of rotatable bonds is 36. The van der Waals surface area contributed by atoms with Gasteiger partial charge in [0.1, 0.15) is 6.10 Å². The van der Waals surface area contributed by atoms with E-state index >= 15 is 0 Å². The lowest BCUT2D eigenvalue weighted by molar-refractivity contribution is -0.150. The summed E-state index contributed by atoms with van der Waals surface area (Å²) in [5.41, 5.74) is 0. The van der Waals surface area contributed by atoms with E-state index in [-0.39, 0.29) is 18.5 Å². The molecule has 0 aliphatic rings. The van der Waals surface area contributed by atoms with Gasteiger partial charge in [-0.15, -0.1) is 0 Å². The van der Waals surface area contributed by atoms with Crippen LogP contribution < -0.4 is 0 Å². The fourth-order valence-electron chi connectivity index (χ4n) is 6.06. The molecule has 0 aliphatic heterocycles. The molecular formula is C40H76O4. The molecule has 0 saturated carbocycles. The van der Waals surface area contributed by atoms with Crippen LogP contribution in [0.15, 0.2) is 12.2 Å².